The molecule has 0 aliphatic heterocycles. The minimum absolute atomic E-state index is 0. The first-order chi connectivity index (χ1) is 5.74. The molecule has 0 fully saturated rings. The second-order valence-corrected chi connectivity index (χ2v) is 3.23. The Bertz CT molecular complexity index is 268. The first-order valence-electron chi connectivity index (χ1n) is 3.44. The van der Waals surface area contributed by atoms with E-state index in [0.717, 1.165) is 28.1 Å². The molecule has 3 nitrogen and oxygen atoms in total. The summed E-state index contributed by atoms with van der Waals surface area (Å²) in [5.41, 5.74) is 2.18. The van der Waals surface area contributed by atoms with Crippen molar-refractivity contribution in [2.24, 2.45) is 0 Å². The van der Waals surface area contributed by atoms with Crippen molar-refractivity contribution < 1.29 is 44.2 Å². The van der Waals surface area contributed by atoms with Gasteiger partial charge in [-0.3, -0.25) is 5.04 Å². The molecule has 0 spiro atoms. The third-order valence-corrected chi connectivity index (χ3v) is 2.24. The van der Waals surface area contributed by atoms with Gasteiger partial charge in [0.15, 0.2) is 0 Å². The molecule has 0 bridgehead atoms. The summed E-state index contributed by atoms with van der Waals surface area (Å²) in [4.78, 5) is 0.894. The third kappa shape index (κ3) is 4.46. The maximum absolute atomic E-state index is 9.56. The minimum atomic E-state index is 0. The van der Waals surface area contributed by atoms with Crippen LogP contribution in [0.25, 0.3) is 0 Å². The van der Waals surface area contributed by atoms with Crippen LogP contribution in [0, 0.1) is 13.8 Å². The molecule has 0 radical (unpaired) electrons. The molecule has 0 atom stereocenters. The van der Waals surface area contributed by atoms with Crippen LogP contribution < -0.4 is 34.8 Å². The zero-order valence-electron chi connectivity index (χ0n) is 7.87. The smallest absolute Gasteiger partial charge is 0.691 e. The zero-order chi connectivity index (χ0) is 8.97. The van der Waals surface area contributed by atoms with E-state index in [0.29, 0.717) is 0 Å². The summed E-state index contributed by atoms with van der Waals surface area (Å²) in [7, 11) is 0. The van der Waals surface area contributed by atoms with E-state index in [1.165, 1.54) is 0 Å². The van der Waals surface area contributed by atoms with E-state index in [-0.39, 0.29) is 29.6 Å². The summed E-state index contributed by atoms with van der Waals surface area (Å²) >= 11 is 0.926. The van der Waals surface area contributed by atoms with E-state index < -0.39 is 0 Å². The molecule has 13 heavy (non-hydrogen) atoms. The first kappa shape index (κ1) is 13.4. The predicted molar refractivity (Wildman–Crippen MR) is 43.9 cm³/mol. The molecule has 1 rings (SSSR count). The Balaban J connectivity index is 0.00000144. The van der Waals surface area contributed by atoms with E-state index in [1.54, 1.807) is 0 Å². The van der Waals surface area contributed by atoms with Gasteiger partial charge in [0.25, 0.3) is 0 Å². The van der Waals surface area contributed by atoms with Gasteiger partial charge in [0.05, 0.1) is 12.0 Å². The fourth-order valence-corrected chi connectivity index (χ4v) is 1.38. The predicted octanol–water partition coefficient (Wildman–Crippen LogP) is -1.46. The van der Waals surface area contributed by atoms with E-state index in [1.807, 2.05) is 32.0 Å². The molecular weight excluding hydrogens is 199 g/mol. The molecule has 66 valence electrons. The summed E-state index contributed by atoms with van der Waals surface area (Å²) in [6.45, 7) is 3.91. The van der Waals surface area contributed by atoms with Gasteiger partial charge in [-0.2, -0.15) is 4.33 Å². The Morgan fingerprint density at radius 1 is 1.31 bits per heavy atom. The standard InChI is InChI=1S/C8H10O3S.Na/c1-6-3-4-7(2)8(5-6)12-11-10-9;/h3-5,9H,1-2H3;/q;+1/p-1. The van der Waals surface area contributed by atoms with Crippen LogP contribution in [0.2, 0.25) is 0 Å². The van der Waals surface area contributed by atoms with Crippen LogP contribution in [0.15, 0.2) is 23.1 Å². The summed E-state index contributed by atoms with van der Waals surface area (Å²) in [6.07, 6.45) is 0. The maximum Gasteiger partial charge on any atom is 1.00 e. The molecule has 0 aliphatic rings. The van der Waals surface area contributed by atoms with Gasteiger partial charge in [-0.1, -0.05) is 12.1 Å². The number of benzene rings is 1. The minimum Gasteiger partial charge on any atom is -0.691 e. The summed E-state index contributed by atoms with van der Waals surface area (Å²) in [5.74, 6) is 0. The van der Waals surface area contributed by atoms with Crippen LogP contribution in [0.1, 0.15) is 11.1 Å². The molecule has 1 aromatic rings. The van der Waals surface area contributed by atoms with Gasteiger partial charge >= 0.3 is 29.6 Å². The van der Waals surface area contributed by atoms with Crippen molar-refractivity contribution in [2.45, 2.75) is 18.7 Å². The summed E-state index contributed by atoms with van der Waals surface area (Å²) < 4.78 is 4.22. The molecule has 5 heteroatoms. The quantitative estimate of drug-likeness (QED) is 0.263. The van der Waals surface area contributed by atoms with Crippen molar-refractivity contribution in [2.75, 3.05) is 0 Å². The average molecular weight is 208 g/mol. The summed E-state index contributed by atoms with van der Waals surface area (Å²) in [5, 5.41) is 12.8. The molecule has 0 unspecified atom stereocenters. The van der Waals surface area contributed by atoms with Crippen molar-refractivity contribution >= 4 is 12.0 Å². The number of aryl methyl sites for hydroxylation is 2. The van der Waals surface area contributed by atoms with Gasteiger partial charge in [0, 0.05) is 4.90 Å². The Morgan fingerprint density at radius 2 is 2.00 bits per heavy atom. The first-order valence-corrected chi connectivity index (χ1v) is 4.18. The van der Waals surface area contributed by atoms with Gasteiger partial charge in [-0.25, -0.2) is 0 Å². The van der Waals surface area contributed by atoms with Crippen LogP contribution in [0.3, 0.4) is 0 Å². The van der Waals surface area contributed by atoms with Crippen molar-refractivity contribution in [1.29, 1.82) is 0 Å². The normalized spacial score (nSPS) is 9.46. The van der Waals surface area contributed by atoms with Crippen LogP contribution >= 0.6 is 12.0 Å². The third-order valence-electron chi connectivity index (χ3n) is 1.50. The van der Waals surface area contributed by atoms with Crippen molar-refractivity contribution in [3.63, 3.8) is 0 Å². The van der Waals surface area contributed by atoms with Crippen molar-refractivity contribution in [1.82, 2.24) is 0 Å². The van der Waals surface area contributed by atoms with Gasteiger partial charge in [0.2, 0.25) is 0 Å². The summed E-state index contributed by atoms with van der Waals surface area (Å²) in [6, 6.07) is 5.89. The van der Waals surface area contributed by atoms with Crippen LogP contribution in [-0.2, 0) is 9.37 Å². The largest absolute Gasteiger partial charge is 1.00 e. The molecule has 0 aromatic heterocycles. The van der Waals surface area contributed by atoms with Gasteiger partial charge < -0.3 is 5.26 Å². The van der Waals surface area contributed by atoms with Gasteiger partial charge in [-0.15, -0.1) is 0 Å². The molecule has 0 saturated heterocycles. The molecular formula is C8H9NaO3S. The van der Waals surface area contributed by atoms with Crippen LogP contribution in [-0.4, -0.2) is 0 Å². The topological polar surface area (TPSA) is 41.5 Å². The number of hydrogen-bond donors (Lipinski definition) is 0. The van der Waals surface area contributed by atoms with Gasteiger partial charge in [-0.05, 0) is 31.0 Å². The fourth-order valence-electron chi connectivity index (χ4n) is 0.848. The molecule has 1 aromatic carbocycles. The molecule has 0 aliphatic carbocycles. The van der Waals surface area contributed by atoms with Crippen molar-refractivity contribution in [3.05, 3.63) is 29.3 Å². The van der Waals surface area contributed by atoms with E-state index in [4.69, 9.17) is 0 Å². The van der Waals surface area contributed by atoms with E-state index in [9.17, 15) is 5.26 Å². The molecule has 0 amide bonds. The molecule has 0 heterocycles. The Morgan fingerprint density at radius 3 is 2.62 bits per heavy atom. The fraction of sp³-hybridized carbons (Fsp3) is 0.250. The average Bonchev–Trinajstić information content (AvgIpc) is 2.07. The monoisotopic (exact) mass is 208 g/mol. The Labute approximate surface area is 104 Å². The Hall–Kier alpha value is 0.450. The van der Waals surface area contributed by atoms with Gasteiger partial charge in [0.1, 0.15) is 0 Å². The second-order valence-electron chi connectivity index (χ2n) is 2.49. The maximum atomic E-state index is 9.56. The number of hydrogen-bond acceptors (Lipinski definition) is 4. The van der Waals surface area contributed by atoms with Crippen molar-refractivity contribution in [3.8, 4) is 0 Å². The van der Waals surface area contributed by atoms with E-state index >= 15 is 0 Å². The molecule has 0 N–H and O–H groups in total. The van der Waals surface area contributed by atoms with Crippen LogP contribution in [0.4, 0.5) is 0 Å². The Kier molecular flexibility index (Phi) is 7.07. The van der Waals surface area contributed by atoms with Crippen LogP contribution in [0.5, 0.6) is 0 Å². The zero-order valence-corrected chi connectivity index (χ0v) is 10.7. The second kappa shape index (κ2) is 6.84. The molecule has 0 saturated carbocycles. The SMILES string of the molecule is Cc1ccc(C)c(SOO[O-])c1.[Na+]. The van der Waals surface area contributed by atoms with E-state index in [2.05, 4.69) is 9.37 Å². The number of rotatable bonds is 3.